The Bertz CT molecular complexity index is 266. The number of nitrogens with one attached hydrogen (secondary N) is 1. The first-order valence-corrected chi connectivity index (χ1v) is 8.63. The minimum atomic E-state index is 0.528. The van der Waals surface area contributed by atoms with Gasteiger partial charge in [-0.2, -0.15) is 0 Å². The van der Waals surface area contributed by atoms with Crippen LogP contribution in [-0.4, -0.2) is 49.3 Å². The van der Waals surface area contributed by atoms with Crippen molar-refractivity contribution >= 4 is 0 Å². The lowest BCUT2D eigenvalue weighted by Crippen LogP contribution is -2.48. The lowest BCUT2D eigenvalue weighted by Gasteiger charge is -2.39. The molecule has 0 atom stereocenters. The molecule has 1 N–H and O–H groups in total. The largest absolute Gasteiger partial charge is 0.378 e. The number of rotatable bonds is 7. The Labute approximate surface area is 125 Å². The maximum absolute atomic E-state index is 6.09. The van der Waals surface area contributed by atoms with Crippen molar-refractivity contribution in [2.24, 2.45) is 11.8 Å². The average Bonchev–Trinajstić information content (AvgIpc) is 2.32. The van der Waals surface area contributed by atoms with Crippen LogP contribution in [0.3, 0.4) is 0 Å². The second-order valence-electron chi connectivity index (χ2n) is 7.58. The van der Waals surface area contributed by atoms with Gasteiger partial charge in [0.15, 0.2) is 0 Å². The van der Waals surface area contributed by atoms with E-state index in [0.29, 0.717) is 18.2 Å². The molecule has 118 valence electrons. The lowest BCUT2D eigenvalue weighted by molar-refractivity contribution is -0.0418. The summed E-state index contributed by atoms with van der Waals surface area (Å²) in [5.41, 5.74) is 0. The van der Waals surface area contributed by atoms with Gasteiger partial charge in [-0.05, 0) is 50.6 Å². The van der Waals surface area contributed by atoms with Crippen LogP contribution in [0.15, 0.2) is 0 Å². The zero-order valence-electron chi connectivity index (χ0n) is 13.9. The second kappa shape index (κ2) is 7.77. The molecule has 0 aromatic heterocycles. The molecular formula is C17H34N2O. The topological polar surface area (TPSA) is 24.5 Å². The summed E-state index contributed by atoms with van der Waals surface area (Å²) < 4.78 is 6.09. The predicted octanol–water partition coefficient (Wildman–Crippen LogP) is 2.90. The van der Waals surface area contributed by atoms with E-state index in [2.05, 4.69) is 37.9 Å². The van der Waals surface area contributed by atoms with Gasteiger partial charge >= 0.3 is 0 Å². The van der Waals surface area contributed by atoms with Crippen LogP contribution in [0, 0.1) is 11.8 Å². The molecule has 1 saturated carbocycles. The summed E-state index contributed by atoms with van der Waals surface area (Å²) in [4.78, 5) is 2.62. The van der Waals surface area contributed by atoms with E-state index in [9.17, 15) is 0 Å². The molecule has 1 heterocycles. The summed E-state index contributed by atoms with van der Waals surface area (Å²) in [6, 6.07) is 1.30. The molecule has 0 amide bonds. The molecule has 1 aliphatic carbocycles. The van der Waals surface area contributed by atoms with Gasteiger partial charge in [-0.3, -0.25) is 0 Å². The molecule has 2 rings (SSSR count). The quantitative estimate of drug-likeness (QED) is 0.777. The SMILES string of the molecule is CC(C)CN1CCC(COC2CC(NC(C)C)C2)CC1. The fourth-order valence-electron chi connectivity index (χ4n) is 3.43. The highest BCUT2D eigenvalue weighted by molar-refractivity contribution is 4.87. The third kappa shape index (κ3) is 5.34. The summed E-state index contributed by atoms with van der Waals surface area (Å²) >= 11 is 0. The predicted molar refractivity (Wildman–Crippen MR) is 85.0 cm³/mol. The molecular weight excluding hydrogens is 248 g/mol. The Hall–Kier alpha value is -0.120. The first-order valence-electron chi connectivity index (χ1n) is 8.63. The van der Waals surface area contributed by atoms with Gasteiger partial charge in [0.1, 0.15) is 0 Å². The highest BCUT2D eigenvalue weighted by Gasteiger charge is 2.31. The molecule has 3 nitrogen and oxygen atoms in total. The van der Waals surface area contributed by atoms with Gasteiger partial charge in [0.25, 0.3) is 0 Å². The van der Waals surface area contributed by atoms with E-state index in [0.717, 1.165) is 18.4 Å². The Morgan fingerprint density at radius 3 is 2.30 bits per heavy atom. The van der Waals surface area contributed by atoms with E-state index in [1.807, 2.05) is 0 Å². The summed E-state index contributed by atoms with van der Waals surface area (Å²) in [5.74, 6) is 1.60. The fourth-order valence-corrected chi connectivity index (χ4v) is 3.43. The number of likely N-dealkylation sites (tertiary alicyclic amines) is 1. The molecule has 3 heteroatoms. The highest BCUT2D eigenvalue weighted by Crippen LogP contribution is 2.26. The van der Waals surface area contributed by atoms with Crippen LogP contribution in [-0.2, 0) is 4.74 Å². The molecule has 0 unspecified atom stereocenters. The van der Waals surface area contributed by atoms with Crippen LogP contribution >= 0.6 is 0 Å². The van der Waals surface area contributed by atoms with Crippen LogP contribution in [0.2, 0.25) is 0 Å². The maximum Gasteiger partial charge on any atom is 0.0605 e. The van der Waals surface area contributed by atoms with Crippen molar-refractivity contribution < 1.29 is 4.74 Å². The molecule has 0 radical (unpaired) electrons. The number of hydrogen-bond acceptors (Lipinski definition) is 3. The lowest BCUT2D eigenvalue weighted by atomic mass is 9.88. The Morgan fingerprint density at radius 2 is 1.75 bits per heavy atom. The fraction of sp³-hybridized carbons (Fsp3) is 1.00. The summed E-state index contributed by atoms with van der Waals surface area (Å²) in [5, 5.41) is 3.58. The smallest absolute Gasteiger partial charge is 0.0605 e. The minimum Gasteiger partial charge on any atom is -0.378 e. The molecule has 2 fully saturated rings. The van der Waals surface area contributed by atoms with Crippen molar-refractivity contribution in [1.82, 2.24) is 10.2 Å². The van der Waals surface area contributed by atoms with Gasteiger partial charge < -0.3 is 15.0 Å². The standard InChI is InChI=1S/C17H34N2O/c1-13(2)11-19-7-5-15(6-8-19)12-20-17-9-16(10-17)18-14(3)4/h13-18H,5-12H2,1-4H3. The Balaban J connectivity index is 1.52. The van der Waals surface area contributed by atoms with Gasteiger partial charge in [0.05, 0.1) is 6.10 Å². The van der Waals surface area contributed by atoms with E-state index in [-0.39, 0.29) is 0 Å². The Morgan fingerprint density at radius 1 is 1.10 bits per heavy atom. The molecule has 20 heavy (non-hydrogen) atoms. The molecule has 2 aliphatic rings. The zero-order valence-corrected chi connectivity index (χ0v) is 13.9. The van der Waals surface area contributed by atoms with Crippen LogP contribution in [0.5, 0.6) is 0 Å². The van der Waals surface area contributed by atoms with Crippen molar-refractivity contribution in [3.63, 3.8) is 0 Å². The van der Waals surface area contributed by atoms with Crippen molar-refractivity contribution in [3.8, 4) is 0 Å². The van der Waals surface area contributed by atoms with Gasteiger partial charge in [-0.25, -0.2) is 0 Å². The van der Waals surface area contributed by atoms with E-state index >= 15 is 0 Å². The highest BCUT2D eigenvalue weighted by atomic mass is 16.5. The van der Waals surface area contributed by atoms with Crippen molar-refractivity contribution in [2.45, 2.75) is 71.6 Å². The van der Waals surface area contributed by atoms with Gasteiger partial charge in [0, 0.05) is 25.2 Å². The molecule has 1 aliphatic heterocycles. The van der Waals surface area contributed by atoms with E-state index in [1.165, 1.54) is 45.3 Å². The van der Waals surface area contributed by atoms with Crippen LogP contribution < -0.4 is 5.32 Å². The summed E-state index contributed by atoms with van der Waals surface area (Å²) in [6.07, 6.45) is 5.61. The number of nitrogens with zero attached hydrogens (tertiary/aromatic N) is 1. The van der Waals surface area contributed by atoms with E-state index in [1.54, 1.807) is 0 Å². The second-order valence-corrected chi connectivity index (χ2v) is 7.58. The van der Waals surface area contributed by atoms with Crippen molar-refractivity contribution in [3.05, 3.63) is 0 Å². The molecule has 1 saturated heterocycles. The minimum absolute atomic E-state index is 0.528. The van der Waals surface area contributed by atoms with Gasteiger partial charge in [-0.1, -0.05) is 27.7 Å². The summed E-state index contributed by atoms with van der Waals surface area (Å²) in [7, 11) is 0. The van der Waals surface area contributed by atoms with Crippen LogP contribution in [0.1, 0.15) is 53.4 Å². The first kappa shape index (κ1) is 16.3. The molecule has 0 aromatic rings. The third-order valence-corrected chi connectivity index (χ3v) is 4.56. The number of piperidine rings is 1. The molecule has 0 bridgehead atoms. The zero-order chi connectivity index (χ0) is 14.5. The monoisotopic (exact) mass is 282 g/mol. The number of ether oxygens (including phenoxy) is 1. The van der Waals surface area contributed by atoms with E-state index in [4.69, 9.17) is 4.74 Å². The maximum atomic E-state index is 6.09. The van der Waals surface area contributed by atoms with E-state index < -0.39 is 0 Å². The van der Waals surface area contributed by atoms with Crippen molar-refractivity contribution in [1.29, 1.82) is 0 Å². The van der Waals surface area contributed by atoms with Crippen LogP contribution in [0.4, 0.5) is 0 Å². The normalized spacial score (nSPS) is 29.1. The number of hydrogen-bond donors (Lipinski definition) is 1. The third-order valence-electron chi connectivity index (χ3n) is 4.56. The Kier molecular flexibility index (Phi) is 6.31. The van der Waals surface area contributed by atoms with Gasteiger partial charge in [-0.15, -0.1) is 0 Å². The average molecular weight is 282 g/mol. The first-order chi connectivity index (χ1) is 9.52. The summed E-state index contributed by atoms with van der Waals surface area (Å²) in [6.45, 7) is 13.9. The van der Waals surface area contributed by atoms with Crippen molar-refractivity contribution in [2.75, 3.05) is 26.2 Å². The van der Waals surface area contributed by atoms with Crippen LogP contribution in [0.25, 0.3) is 0 Å². The molecule has 0 spiro atoms. The molecule has 0 aromatic carbocycles. The van der Waals surface area contributed by atoms with Gasteiger partial charge in [0.2, 0.25) is 0 Å².